The normalized spacial score (nSPS) is 14.0. The third-order valence-corrected chi connectivity index (χ3v) is 8.34. The molecule has 1 aliphatic carbocycles. The van der Waals surface area contributed by atoms with Gasteiger partial charge in [-0.1, -0.05) is 53.6 Å². The van der Waals surface area contributed by atoms with Crippen LogP contribution in [-0.2, 0) is 16.4 Å². The van der Waals surface area contributed by atoms with Crippen molar-refractivity contribution >= 4 is 26.7 Å². The molecule has 0 bridgehead atoms. The SMILES string of the molecule is Cc1ccc(C(=O)Cc2c(C)ccc3c2cc(C2CC2)n3S(=O)(=O)c2ccc(C)cc2)cc1. The average molecular weight is 458 g/mol. The number of Topliss-reactive ketones (excluding diaryl/α,β-unsaturated/α-hetero) is 1. The number of nitrogens with zero attached hydrogens (tertiary/aromatic N) is 1. The number of hydrogen-bond donors (Lipinski definition) is 0. The fourth-order valence-electron chi connectivity index (χ4n) is 4.43. The third kappa shape index (κ3) is 3.91. The summed E-state index contributed by atoms with van der Waals surface area (Å²) in [5.41, 5.74) is 6.16. The first kappa shape index (κ1) is 21.7. The third-order valence-electron chi connectivity index (χ3n) is 6.58. The minimum atomic E-state index is -3.76. The van der Waals surface area contributed by atoms with Crippen LogP contribution < -0.4 is 0 Å². The molecule has 33 heavy (non-hydrogen) atoms. The molecule has 5 rings (SSSR count). The topological polar surface area (TPSA) is 56.1 Å². The first-order chi connectivity index (χ1) is 15.8. The molecule has 0 saturated heterocycles. The molecule has 1 heterocycles. The molecular weight excluding hydrogens is 430 g/mol. The Kier molecular flexibility index (Phi) is 5.25. The lowest BCUT2D eigenvalue weighted by atomic mass is 9.96. The maximum Gasteiger partial charge on any atom is 0.268 e. The van der Waals surface area contributed by atoms with Gasteiger partial charge in [0.15, 0.2) is 5.78 Å². The zero-order valence-corrected chi connectivity index (χ0v) is 19.9. The van der Waals surface area contributed by atoms with Gasteiger partial charge in [0, 0.05) is 29.0 Å². The highest BCUT2D eigenvalue weighted by Crippen LogP contribution is 2.44. The largest absolute Gasteiger partial charge is 0.294 e. The van der Waals surface area contributed by atoms with Crippen LogP contribution in [0.3, 0.4) is 0 Å². The maximum absolute atomic E-state index is 13.7. The number of benzene rings is 3. The van der Waals surface area contributed by atoms with Crippen molar-refractivity contribution in [3.8, 4) is 0 Å². The van der Waals surface area contributed by atoms with Gasteiger partial charge in [0.1, 0.15) is 0 Å². The molecule has 3 aromatic carbocycles. The van der Waals surface area contributed by atoms with Gasteiger partial charge in [-0.05, 0) is 69.0 Å². The molecule has 1 saturated carbocycles. The molecule has 0 aliphatic heterocycles. The Bertz CT molecular complexity index is 1470. The van der Waals surface area contributed by atoms with Crippen LogP contribution in [0.5, 0.6) is 0 Å². The lowest BCUT2D eigenvalue weighted by Crippen LogP contribution is -2.15. The second-order valence-electron chi connectivity index (χ2n) is 9.19. The van der Waals surface area contributed by atoms with E-state index in [-0.39, 0.29) is 23.0 Å². The van der Waals surface area contributed by atoms with E-state index in [9.17, 15) is 13.2 Å². The van der Waals surface area contributed by atoms with E-state index in [1.165, 1.54) is 3.97 Å². The van der Waals surface area contributed by atoms with Crippen LogP contribution in [0.25, 0.3) is 10.9 Å². The summed E-state index contributed by atoms with van der Waals surface area (Å²) < 4.78 is 29.0. The number of rotatable bonds is 6. The predicted octanol–water partition coefficient (Wildman–Crippen LogP) is 6.11. The molecule has 0 radical (unpaired) electrons. The first-order valence-electron chi connectivity index (χ1n) is 11.3. The molecule has 1 fully saturated rings. The monoisotopic (exact) mass is 457 g/mol. The Labute approximate surface area is 194 Å². The molecule has 4 nitrogen and oxygen atoms in total. The smallest absolute Gasteiger partial charge is 0.268 e. The molecule has 0 amide bonds. The maximum atomic E-state index is 13.7. The summed E-state index contributed by atoms with van der Waals surface area (Å²) >= 11 is 0. The van der Waals surface area contributed by atoms with E-state index in [0.717, 1.165) is 46.2 Å². The summed E-state index contributed by atoms with van der Waals surface area (Å²) in [6.45, 7) is 5.92. The van der Waals surface area contributed by atoms with Crippen LogP contribution >= 0.6 is 0 Å². The summed E-state index contributed by atoms with van der Waals surface area (Å²) in [6, 6.07) is 20.4. The number of ketones is 1. The van der Waals surface area contributed by atoms with E-state index in [2.05, 4.69) is 0 Å². The van der Waals surface area contributed by atoms with Crippen LogP contribution in [0.1, 0.15) is 57.1 Å². The van der Waals surface area contributed by atoms with Gasteiger partial charge in [0.25, 0.3) is 10.0 Å². The zero-order valence-electron chi connectivity index (χ0n) is 19.1. The minimum absolute atomic E-state index is 0.0349. The van der Waals surface area contributed by atoms with Crippen molar-refractivity contribution in [2.45, 2.75) is 50.8 Å². The van der Waals surface area contributed by atoms with Crippen molar-refractivity contribution in [1.82, 2.24) is 3.97 Å². The number of fused-ring (bicyclic) bond motifs is 1. The zero-order chi connectivity index (χ0) is 23.3. The van der Waals surface area contributed by atoms with Crippen molar-refractivity contribution in [3.05, 3.63) is 100 Å². The molecule has 1 aromatic heterocycles. The predicted molar refractivity (Wildman–Crippen MR) is 132 cm³/mol. The fraction of sp³-hybridized carbons (Fsp3) is 0.250. The van der Waals surface area contributed by atoms with Crippen molar-refractivity contribution in [2.75, 3.05) is 0 Å². The molecule has 0 unspecified atom stereocenters. The molecule has 0 spiro atoms. The van der Waals surface area contributed by atoms with E-state index >= 15 is 0 Å². The molecule has 168 valence electrons. The quantitative estimate of drug-likeness (QED) is 0.328. The van der Waals surface area contributed by atoms with E-state index in [1.54, 1.807) is 12.1 Å². The highest BCUT2D eigenvalue weighted by Gasteiger charge is 2.33. The number of aromatic nitrogens is 1. The molecule has 1 aliphatic rings. The Hall–Kier alpha value is -3.18. The second kappa shape index (κ2) is 7.99. The van der Waals surface area contributed by atoms with Crippen molar-refractivity contribution in [2.24, 2.45) is 0 Å². The summed E-state index contributed by atoms with van der Waals surface area (Å²) in [6.07, 6.45) is 2.21. The first-order valence-corrected chi connectivity index (χ1v) is 12.8. The lowest BCUT2D eigenvalue weighted by molar-refractivity contribution is 0.0993. The van der Waals surface area contributed by atoms with E-state index in [1.807, 2.05) is 75.4 Å². The van der Waals surface area contributed by atoms with Crippen LogP contribution in [-0.4, -0.2) is 18.2 Å². The van der Waals surface area contributed by atoms with Crippen LogP contribution in [0.15, 0.2) is 71.6 Å². The van der Waals surface area contributed by atoms with Crippen LogP contribution in [0, 0.1) is 20.8 Å². The van der Waals surface area contributed by atoms with Crippen molar-refractivity contribution in [3.63, 3.8) is 0 Å². The Morgan fingerprint density at radius 1 is 0.879 bits per heavy atom. The van der Waals surface area contributed by atoms with Crippen LogP contribution in [0.2, 0.25) is 0 Å². The summed E-state index contributed by atoms with van der Waals surface area (Å²) in [5.74, 6) is 0.270. The standard InChI is InChI=1S/C28H27NO3S/c1-18-4-9-22(10-5-18)28(30)17-24-20(3)8-15-26-25(24)16-27(21-11-12-21)29(26)33(31,32)23-13-6-19(2)7-14-23/h4-10,13-16,21H,11-12,17H2,1-3H3. The second-order valence-corrected chi connectivity index (χ2v) is 11.0. The molecule has 4 aromatic rings. The van der Waals surface area contributed by atoms with Gasteiger partial charge in [-0.25, -0.2) is 12.4 Å². The summed E-state index contributed by atoms with van der Waals surface area (Å²) in [4.78, 5) is 13.4. The minimum Gasteiger partial charge on any atom is -0.294 e. The van der Waals surface area contributed by atoms with E-state index in [0.29, 0.717) is 11.1 Å². The highest BCUT2D eigenvalue weighted by molar-refractivity contribution is 7.90. The van der Waals surface area contributed by atoms with Gasteiger partial charge in [-0.15, -0.1) is 0 Å². The van der Waals surface area contributed by atoms with Gasteiger partial charge in [0.05, 0.1) is 10.4 Å². The molecule has 5 heteroatoms. The molecular formula is C28H27NO3S. The average Bonchev–Trinajstić information content (AvgIpc) is 3.56. The van der Waals surface area contributed by atoms with Crippen molar-refractivity contribution < 1.29 is 13.2 Å². The van der Waals surface area contributed by atoms with Crippen LogP contribution in [0.4, 0.5) is 0 Å². The number of hydrogen-bond acceptors (Lipinski definition) is 3. The lowest BCUT2D eigenvalue weighted by Gasteiger charge is -2.13. The molecule has 0 atom stereocenters. The Balaban J connectivity index is 1.66. The van der Waals surface area contributed by atoms with Gasteiger partial charge >= 0.3 is 0 Å². The van der Waals surface area contributed by atoms with Gasteiger partial charge in [-0.2, -0.15) is 0 Å². The Morgan fingerprint density at radius 2 is 1.48 bits per heavy atom. The number of carbonyl (C=O) groups is 1. The summed E-state index contributed by atoms with van der Waals surface area (Å²) in [5, 5.41) is 0.855. The van der Waals surface area contributed by atoms with Gasteiger partial charge in [-0.3, -0.25) is 4.79 Å². The van der Waals surface area contributed by atoms with Gasteiger partial charge in [0.2, 0.25) is 0 Å². The number of carbonyl (C=O) groups excluding carboxylic acids is 1. The summed E-state index contributed by atoms with van der Waals surface area (Å²) in [7, 11) is -3.76. The Morgan fingerprint density at radius 3 is 2.09 bits per heavy atom. The highest BCUT2D eigenvalue weighted by atomic mass is 32.2. The fourth-order valence-corrected chi connectivity index (χ4v) is 6.02. The van der Waals surface area contributed by atoms with Gasteiger partial charge < -0.3 is 0 Å². The number of aryl methyl sites for hydroxylation is 3. The van der Waals surface area contributed by atoms with E-state index in [4.69, 9.17) is 0 Å². The van der Waals surface area contributed by atoms with E-state index < -0.39 is 10.0 Å². The molecule has 0 N–H and O–H groups in total. The van der Waals surface area contributed by atoms with Crippen molar-refractivity contribution in [1.29, 1.82) is 0 Å².